The van der Waals surface area contributed by atoms with Crippen molar-refractivity contribution in [1.29, 1.82) is 0 Å². The lowest BCUT2D eigenvalue weighted by molar-refractivity contribution is -0.141. The van der Waals surface area contributed by atoms with Crippen LogP contribution in [0.1, 0.15) is 89.0 Å². The zero-order valence-corrected chi connectivity index (χ0v) is 35.1. The van der Waals surface area contributed by atoms with Crippen LogP contribution < -0.4 is 29.6 Å². The highest BCUT2D eigenvalue weighted by Crippen LogP contribution is 2.48. The molecule has 1 unspecified atom stereocenters. The third-order valence-electron chi connectivity index (χ3n) is 11.7. The molecule has 4 amide bonds. The molecule has 3 N–H and O–H groups in total. The fraction of sp³-hybridized carbons (Fsp3) is 0.561. The molecule has 0 radical (unpaired) electrons. The summed E-state index contributed by atoms with van der Waals surface area (Å²) in [6.45, 7) is 4.18. The summed E-state index contributed by atoms with van der Waals surface area (Å²) in [6, 6.07) is 2.93. The number of sulfonamides is 1. The molecule has 4 aliphatic rings. The summed E-state index contributed by atoms with van der Waals surface area (Å²) in [5.41, 5.74) is -1.72. The number of alkyl halides is 2. The number of allylic oxidation sites excluding steroid dienone is 1. The largest absolute Gasteiger partial charge is 0.491 e. The number of hydrogen-bond acceptors (Lipinski definition) is 11. The third-order valence-corrected chi connectivity index (χ3v) is 13.8. The molecular weight excluding hydrogens is 824 g/mol. The van der Waals surface area contributed by atoms with E-state index in [-0.39, 0.29) is 60.5 Å². The van der Waals surface area contributed by atoms with E-state index in [4.69, 9.17) is 14.2 Å². The number of rotatable bonds is 12. The number of fused-ring (bicyclic) bond motifs is 3. The van der Waals surface area contributed by atoms with E-state index >= 15 is 0 Å². The number of hydrogen-bond donors (Lipinski definition) is 3. The van der Waals surface area contributed by atoms with E-state index < -0.39 is 86.8 Å². The number of nitrogens with zero attached hydrogens (tertiary/aromatic N) is 4. The standard InChI is InChI=1S/C41H50F3N7O9S/c1-23(2)59-33-19-31(26-12-13-27(42)35(58-4)34(26)46-33)60-25-18-30-37(53)47-41(39(55)49-61(56,57)40(3)15-16-40)20-24(41)10-8-6-5-7-9-11-29(38(54)51(30)21-25)45-36(52)28-14-17-50(48-28)22-32(43)44/h8,10,12-14,17,19,23-25,29-30,32H,5-7,9,11,15-16,18,20-22H2,1-4H3,(H,45,52)(H,47,53)(H,49,55)/b10-8-/t24?,25-,29+,30+,41-/m1/s1. The Morgan fingerprint density at radius 1 is 1.11 bits per heavy atom. The van der Waals surface area contributed by atoms with Crippen LogP contribution >= 0.6 is 0 Å². The van der Waals surface area contributed by atoms with Crippen LogP contribution in [0.5, 0.6) is 17.4 Å². The van der Waals surface area contributed by atoms with Crippen LogP contribution in [-0.4, -0.2) is 106 Å². The van der Waals surface area contributed by atoms with E-state index in [2.05, 4.69) is 25.4 Å². The molecule has 0 bridgehead atoms. The molecule has 2 saturated carbocycles. The van der Waals surface area contributed by atoms with Crippen LogP contribution in [0.3, 0.4) is 0 Å². The quantitative estimate of drug-likeness (QED) is 0.221. The van der Waals surface area contributed by atoms with Gasteiger partial charge in [0.05, 0.1) is 24.5 Å². The maximum atomic E-state index is 14.9. The van der Waals surface area contributed by atoms with Gasteiger partial charge in [0.25, 0.3) is 18.2 Å². The molecule has 5 atom stereocenters. The van der Waals surface area contributed by atoms with Gasteiger partial charge in [0.1, 0.15) is 47.2 Å². The Morgan fingerprint density at radius 3 is 2.59 bits per heavy atom. The Morgan fingerprint density at radius 2 is 1.89 bits per heavy atom. The number of carbonyl (C=O) groups is 4. The minimum Gasteiger partial charge on any atom is -0.491 e. The lowest BCUT2D eigenvalue weighted by atomic mass is 10.0. The van der Waals surface area contributed by atoms with E-state index in [1.165, 1.54) is 42.5 Å². The van der Waals surface area contributed by atoms with Gasteiger partial charge < -0.3 is 29.7 Å². The monoisotopic (exact) mass is 873 g/mol. The summed E-state index contributed by atoms with van der Waals surface area (Å²) in [6.07, 6.45) is 4.31. The topological polar surface area (TPSA) is 200 Å². The second-order valence-electron chi connectivity index (χ2n) is 16.6. The zero-order chi connectivity index (χ0) is 43.9. The van der Waals surface area contributed by atoms with Crippen molar-refractivity contribution in [3.63, 3.8) is 0 Å². The van der Waals surface area contributed by atoms with Gasteiger partial charge in [0.15, 0.2) is 11.6 Å². The van der Waals surface area contributed by atoms with Crippen molar-refractivity contribution >= 4 is 44.6 Å². The Balaban J connectivity index is 1.23. The summed E-state index contributed by atoms with van der Waals surface area (Å²) in [7, 11) is -2.78. The summed E-state index contributed by atoms with van der Waals surface area (Å²) in [5, 5.41) is 9.82. The Hall–Kier alpha value is -5.40. The van der Waals surface area contributed by atoms with Crippen molar-refractivity contribution in [3.05, 3.63) is 54.1 Å². The Labute approximate surface area is 351 Å². The molecular formula is C41H50F3N7O9S. The Kier molecular flexibility index (Phi) is 12.3. The van der Waals surface area contributed by atoms with Gasteiger partial charge in [-0.2, -0.15) is 5.10 Å². The molecule has 1 saturated heterocycles. The highest BCUT2D eigenvalue weighted by molar-refractivity contribution is 7.91. The fourth-order valence-corrected chi connectivity index (χ4v) is 9.18. The molecule has 7 rings (SSSR count). The number of amides is 4. The number of methoxy groups -OCH3 is 1. The molecule has 330 valence electrons. The van der Waals surface area contributed by atoms with Gasteiger partial charge in [-0.15, -0.1) is 0 Å². The van der Waals surface area contributed by atoms with Gasteiger partial charge in [0.2, 0.25) is 27.7 Å². The molecule has 16 nitrogen and oxygen atoms in total. The molecule has 3 fully saturated rings. The summed E-state index contributed by atoms with van der Waals surface area (Å²) >= 11 is 0. The average molecular weight is 874 g/mol. The first-order valence-corrected chi connectivity index (χ1v) is 21.9. The fourth-order valence-electron chi connectivity index (χ4n) is 7.87. The van der Waals surface area contributed by atoms with Crippen LogP contribution in [0.25, 0.3) is 10.9 Å². The highest BCUT2D eigenvalue weighted by Gasteiger charge is 2.63. The maximum absolute atomic E-state index is 14.9. The van der Waals surface area contributed by atoms with Gasteiger partial charge >= 0.3 is 0 Å². The molecule has 3 aromatic rings. The van der Waals surface area contributed by atoms with Crippen molar-refractivity contribution in [3.8, 4) is 17.4 Å². The number of halogens is 3. The number of pyridine rings is 1. The molecule has 4 heterocycles. The lowest BCUT2D eigenvalue weighted by Gasteiger charge is -2.30. The highest BCUT2D eigenvalue weighted by atomic mass is 32.2. The predicted octanol–water partition coefficient (Wildman–Crippen LogP) is 4.17. The second-order valence-corrected chi connectivity index (χ2v) is 18.8. The van der Waals surface area contributed by atoms with Gasteiger partial charge in [-0.3, -0.25) is 28.6 Å². The van der Waals surface area contributed by atoms with Crippen molar-refractivity contribution in [1.82, 2.24) is 35.0 Å². The number of aromatic nitrogens is 3. The van der Waals surface area contributed by atoms with E-state index in [0.29, 0.717) is 43.9 Å². The zero-order valence-electron chi connectivity index (χ0n) is 34.3. The first-order valence-electron chi connectivity index (χ1n) is 20.4. The van der Waals surface area contributed by atoms with E-state index in [0.717, 1.165) is 4.68 Å². The minimum absolute atomic E-state index is 0.0950. The minimum atomic E-state index is -4.07. The number of nitrogens with one attached hydrogen (secondary N) is 3. The van der Waals surface area contributed by atoms with Crippen LogP contribution in [-0.2, 0) is 31.0 Å². The predicted molar refractivity (Wildman–Crippen MR) is 214 cm³/mol. The van der Waals surface area contributed by atoms with Crippen LogP contribution in [0.15, 0.2) is 42.6 Å². The Bertz CT molecular complexity index is 2340. The van der Waals surface area contributed by atoms with Crippen LogP contribution in [0.4, 0.5) is 13.2 Å². The normalized spacial score (nSPS) is 25.8. The first-order chi connectivity index (χ1) is 28.9. The molecule has 2 aromatic heterocycles. The molecule has 1 aromatic carbocycles. The van der Waals surface area contributed by atoms with Crippen molar-refractivity contribution in [2.75, 3.05) is 13.7 Å². The van der Waals surface area contributed by atoms with Gasteiger partial charge in [-0.1, -0.05) is 25.0 Å². The molecule has 2 aliphatic heterocycles. The van der Waals surface area contributed by atoms with Crippen LogP contribution in [0.2, 0.25) is 0 Å². The second kappa shape index (κ2) is 17.2. The van der Waals surface area contributed by atoms with Gasteiger partial charge in [-0.05, 0) is 77.5 Å². The van der Waals surface area contributed by atoms with E-state index in [1.807, 2.05) is 6.08 Å². The van der Waals surface area contributed by atoms with Gasteiger partial charge in [-0.25, -0.2) is 26.6 Å². The summed E-state index contributed by atoms with van der Waals surface area (Å²) < 4.78 is 87.2. The van der Waals surface area contributed by atoms with E-state index in [1.54, 1.807) is 26.8 Å². The average Bonchev–Trinajstić information content (AvgIpc) is 3.98. The lowest BCUT2D eigenvalue weighted by Crippen LogP contribution is -2.58. The van der Waals surface area contributed by atoms with Crippen LogP contribution in [0, 0.1) is 11.7 Å². The van der Waals surface area contributed by atoms with Crippen molar-refractivity contribution in [2.45, 2.75) is 126 Å². The molecule has 2 aliphatic carbocycles. The summed E-state index contributed by atoms with van der Waals surface area (Å²) in [5.74, 6) is -4.15. The SMILES string of the molecule is COc1c(F)ccc2c(O[C@@H]3C[C@H]4C(=O)N[C@]5(C(=O)NS(=O)(=O)C6(C)CC6)CC5/C=C\CCCCC[C@H](NC(=O)c5ccn(CC(F)F)n5)C(=O)N4C3)cc(OC(C)C)nc12. The maximum Gasteiger partial charge on any atom is 0.272 e. The number of carbonyl (C=O) groups excluding carboxylic acids is 4. The van der Waals surface area contributed by atoms with Crippen molar-refractivity contribution < 1.29 is 55.0 Å². The number of ether oxygens (including phenoxy) is 3. The van der Waals surface area contributed by atoms with Gasteiger partial charge in [0, 0.05) is 30.0 Å². The smallest absolute Gasteiger partial charge is 0.272 e. The van der Waals surface area contributed by atoms with E-state index in [9.17, 15) is 40.8 Å². The summed E-state index contributed by atoms with van der Waals surface area (Å²) in [4.78, 5) is 62.5. The van der Waals surface area contributed by atoms with Crippen molar-refractivity contribution in [2.24, 2.45) is 5.92 Å². The molecule has 0 spiro atoms. The first kappa shape index (κ1) is 43.7. The molecule has 20 heteroatoms. The molecule has 61 heavy (non-hydrogen) atoms. The number of benzene rings is 1. The third kappa shape index (κ3) is 9.28.